The Kier molecular flexibility index (Phi) is 5.75. The van der Waals surface area contributed by atoms with E-state index in [1.54, 1.807) is 20.8 Å². The summed E-state index contributed by atoms with van der Waals surface area (Å²) in [6.45, 7) is 6.05. The first kappa shape index (κ1) is 19.7. The molecular weight excluding hydrogens is 368 g/mol. The van der Waals surface area contributed by atoms with Crippen molar-refractivity contribution >= 4 is 33.4 Å². The molecule has 2 rings (SSSR count). The maximum atomic E-state index is 12.8. The molecule has 1 aliphatic heterocycles. The predicted molar refractivity (Wildman–Crippen MR) is 92.2 cm³/mol. The Morgan fingerprint density at radius 3 is 2.28 bits per heavy atom. The van der Waals surface area contributed by atoms with Gasteiger partial charge in [0.15, 0.2) is 0 Å². The molecule has 1 saturated heterocycles. The van der Waals surface area contributed by atoms with Gasteiger partial charge in [-0.05, 0) is 32.2 Å². The number of esters is 1. The molecule has 0 unspecified atom stereocenters. The molecule has 25 heavy (non-hydrogen) atoms. The van der Waals surface area contributed by atoms with Gasteiger partial charge in [-0.3, -0.25) is 0 Å². The van der Waals surface area contributed by atoms with Gasteiger partial charge >= 0.3 is 12.1 Å². The summed E-state index contributed by atoms with van der Waals surface area (Å²) in [7, 11) is -2.62. The third kappa shape index (κ3) is 4.50. The summed E-state index contributed by atoms with van der Waals surface area (Å²) < 4.78 is 36.8. The van der Waals surface area contributed by atoms with Crippen LogP contribution < -0.4 is 0 Å². The second kappa shape index (κ2) is 7.30. The van der Waals surface area contributed by atoms with Gasteiger partial charge in [0.05, 0.1) is 7.11 Å². The SMILES string of the molecule is COC(=O)c1sccc1S(=O)(=O)N1CCN(C(=O)OC(C)(C)C)CC1. The average Bonchev–Trinajstić information content (AvgIpc) is 3.03. The molecular formula is C15H22N2O6S2. The molecule has 1 aromatic heterocycles. The van der Waals surface area contributed by atoms with Crippen LogP contribution in [0.1, 0.15) is 30.4 Å². The normalized spacial score (nSPS) is 16.6. The van der Waals surface area contributed by atoms with Gasteiger partial charge in [0.2, 0.25) is 10.0 Å². The molecule has 1 aliphatic rings. The van der Waals surface area contributed by atoms with Gasteiger partial charge in [0, 0.05) is 26.2 Å². The highest BCUT2D eigenvalue weighted by atomic mass is 32.2. The predicted octanol–water partition coefficient (Wildman–Crippen LogP) is 1.78. The Morgan fingerprint density at radius 2 is 1.76 bits per heavy atom. The number of nitrogens with zero attached hydrogens (tertiary/aromatic N) is 2. The van der Waals surface area contributed by atoms with Crippen molar-refractivity contribution < 1.29 is 27.5 Å². The van der Waals surface area contributed by atoms with E-state index in [9.17, 15) is 18.0 Å². The van der Waals surface area contributed by atoms with Gasteiger partial charge in [-0.1, -0.05) is 0 Å². The van der Waals surface area contributed by atoms with E-state index in [2.05, 4.69) is 4.74 Å². The Labute approximate surface area is 151 Å². The minimum atomic E-state index is -3.82. The smallest absolute Gasteiger partial charge is 0.410 e. The van der Waals surface area contributed by atoms with Crippen LogP contribution in [-0.2, 0) is 19.5 Å². The van der Waals surface area contributed by atoms with E-state index in [1.807, 2.05) is 0 Å². The fourth-order valence-electron chi connectivity index (χ4n) is 2.32. The molecule has 1 aromatic rings. The summed E-state index contributed by atoms with van der Waals surface area (Å²) in [5.74, 6) is -0.680. The lowest BCUT2D eigenvalue weighted by Crippen LogP contribution is -2.51. The quantitative estimate of drug-likeness (QED) is 0.731. The Bertz CT molecular complexity index is 742. The van der Waals surface area contributed by atoms with Crippen LogP contribution in [0.2, 0.25) is 0 Å². The number of amides is 1. The topological polar surface area (TPSA) is 93.2 Å². The minimum absolute atomic E-state index is 0.0528. The molecule has 1 fully saturated rings. The third-order valence-electron chi connectivity index (χ3n) is 3.51. The van der Waals surface area contributed by atoms with E-state index >= 15 is 0 Å². The third-order valence-corrected chi connectivity index (χ3v) is 6.47. The molecule has 8 nitrogen and oxygen atoms in total. The Balaban J connectivity index is 2.09. The number of hydrogen-bond acceptors (Lipinski definition) is 7. The van der Waals surface area contributed by atoms with Crippen molar-refractivity contribution in [2.45, 2.75) is 31.3 Å². The fraction of sp³-hybridized carbons (Fsp3) is 0.600. The maximum Gasteiger partial charge on any atom is 0.410 e. The van der Waals surface area contributed by atoms with E-state index in [0.29, 0.717) is 0 Å². The largest absolute Gasteiger partial charge is 0.465 e. The van der Waals surface area contributed by atoms with E-state index in [1.165, 1.54) is 27.8 Å². The average molecular weight is 390 g/mol. The molecule has 0 aliphatic carbocycles. The second-order valence-electron chi connectivity index (χ2n) is 6.48. The van der Waals surface area contributed by atoms with Gasteiger partial charge < -0.3 is 14.4 Å². The first-order valence-corrected chi connectivity index (χ1v) is 10.0. The number of methoxy groups -OCH3 is 1. The van der Waals surface area contributed by atoms with E-state index in [4.69, 9.17) is 4.74 Å². The van der Waals surface area contributed by atoms with Crippen LogP contribution in [0.3, 0.4) is 0 Å². The van der Waals surface area contributed by atoms with Gasteiger partial charge in [-0.15, -0.1) is 11.3 Å². The number of thiophene rings is 1. The first-order chi connectivity index (χ1) is 11.6. The van der Waals surface area contributed by atoms with Gasteiger partial charge in [0.1, 0.15) is 15.4 Å². The molecule has 2 heterocycles. The van der Waals surface area contributed by atoms with Crippen molar-refractivity contribution in [3.8, 4) is 0 Å². The Morgan fingerprint density at radius 1 is 1.16 bits per heavy atom. The zero-order valence-electron chi connectivity index (χ0n) is 14.6. The molecule has 10 heteroatoms. The Hall–Kier alpha value is -1.65. The highest BCUT2D eigenvalue weighted by Crippen LogP contribution is 2.27. The maximum absolute atomic E-state index is 12.8. The number of carbonyl (C=O) groups excluding carboxylic acids is 2. The van der Waals surface area contributed by atoms with Crippen LogP contribution in [0.4, 0.5) is 4.79 Å². The highest BCUT2D eigenvalue weighted by molar-refractivity contribution is 7.89. The van der Waals surface area contributed by atoms with Crippen molar-refractivity contribution in [2.24, 2.45) is 0 Å². The van der Waals surface area contributed by atoms with Gasteiger partial charge in [0.25, 0.3) is 0 Å². The summed E-state index contributed by atoms with van der Waals surface area (Å²) in [6, 6.07) is 1.40. The van der Waals surface area contributed by atoms with Crippen LogP contribution in [-0.4, -0.2) is 68.6 Å². The molecule has 0 bridgehead atoms. The van der Waals surface area contributed by atoms with Crippen LogP contribution in [0.15, 0.2) is 16.3 Å². The lowest BCUT2D eigenvalue weighted by Gasteiger charge is -2.34. The molecule has 0 radical (unpaired) electrons. The molecule has 0 spiro atoms. The summed E-state index contributed by atoms with van der Waals surface area (Å²) in [5.41, 5.74) is -0.605. The molecule has 0 atom stereocenters. The number of ether oxygens (including phenoxy) is 2. The van der Waals surface area contributed by atoms with E-state index in [0.717, 1.165) is 11.3 Å². The summed E-state index contributed by atoms with van der Waals surface area (Å²) in [5, 5.41) is 1.54. The van der Waals surface area contributed by atoms with Crippen molar-refractivity contribution in [2.75, 3.05) is 33.3 Å². The number of rotatable bonds is 3. The second-order valence-corrected chi connectivity index (χ2v) is 9.30. The van der Waals surface area contributed by atoms with Crippen LogP contribution in [0, 0.1) is 0 Å². The van der Waals surface area contributed by atoms with Gasteiger partial charge in [-0.25, -0.2) is 18.0 Å². The van der Waals surface area contributed by atoms with Crippen molar-refractivity contribution in [1.82, 2.24) is 9.21 Å². The van der Waals surface area contributed by atoms with E-state index in [-0.39, 0.29) is 36.0 Å². The monoisotopic (exact) mass is 390 g/mol. The zero-order chi connectivity index (χ0) is 18.8. The molecule has 0 N–H and O–H groups in total. The van der Waals surface area contributed by atoms with Gasteiger partial charge in [-0.2, -0.15) is 4.31 Å². The fourth-order valence-corrected chi connectivity index (χ4v) is 5.05. The first-order valence-electron chi connectivity index (χ1n) is 7.70. The van der Waals surface area contributed by atoms with E-state index < -0.39 is 27.7 Å². The highest BCUT2D eigenvalue weighted by Gasteiger charge is 2.34. The number of piperazine rings is 1. The number of hydrogen-bond donors (Lipinski definition) is 0. The molecule has 0 saturated carbocycles. The van der Waals surface area contributed by atoms with Crippen LogP contribution in [0.5, 0.6) is 0 Å². The lowest BCUT2D eigenvalue weighted by molar-refractivity contribution is 0.0192. The molecule has 0 aromatic carbocycles. The van der Waals surface area contributed by atoms with Crippen molar-refractivity contribution in [3.63, 3.8) is 0 Å². The minimum Gasteiger partial charge on any atom is -0.465 e. The standard InChI is InChI=1S/C15H22N2O6S2/c1-15(2,3)23-14(19)16-6-8-17(9-7-16)25(20,21)11-5-10-24-12(11)13(18)22-4/h5,10H,6-9H2,1-4H3. The number of carbonyl (C=O) groups is 2. The lowest BCUT2D eigenvalue weighted by atomic mass is 10.2. The summed E-state index contributed by atoms with van der Waals surface area (Å²) in [6.07, 6.45) is -0.463. The molecule has 140 valence electrons. The van der Waals surface area contributed by atoms with Crippen LogP contribution in [0.25, 0.3) is 0 Å². The van der Waals surface area contributed by atoms with Crippen molar-refractivity contribution in [3.05, 3.63) is 16.3 Å². The van der Waals surface area contributed by atoms with Crippen molar-refractivity contribution in [1.29, 1.82) is 0 Å². The summed E-state index contributed by atoms with van der Waals surface area (Å²) in [4.78, 5) is 25.3. The molecule has 1 amide bonds. The number of sulfonamides is 1. The van der Waals surface area contributed by atoms with Crippen LogP contribution >= 0.6 is 11.3 Å². The zero-order valence-corrected chi connectivity index (χ0v) is 16.3. The summed E-state index contributed by atoms with van der Waals surface area (Å²) >= 11 is 1.02.